The Hall–Kier alpha value is -0.420. The first-order chi connectivity index (χ1) is 10.2. The van der Waals surface area contributed by atoms with Gasteiger partial charge in [0.05, 0.1) is 0 Å². The molecule has 1 aliphatic heterocycles. The first kappa shape index (κ1) is 16.9. The van der Waals surface area contributed by atoms with E-state index >= 15 is 0 Å². The van der Waals surface area contributed by atoms with Gasteiger partial charge in [-0.2, -0.15) is 0 Å². The van der Waals surface area contributed by atoms with Crippen molar-refractivity contribution in [3.05, 3.63) is 22.4 Å². The van der Waals surface area contributed by atoms with Gasteiger partial charge in [-0.1, -0.05) is 13.0 Å². The molecule has 3 nitrogen and oxygen atoms in total. The molecule has 0 radical (unpaired) electrons. The van der Waals surface area contributed by atoms with Crippen LogP contribution in [0.15, 0.2) is 17.5 Å². The Morgan fingerprint density at radius 2 is 2.19 bits per heavy atom. The van der Waals surface area contributed by atoms with Crippen LogP contribution in [0.25, 0.3) is 0 Å². The standard InChI is InChI=1S/C17H30N2OS/c1-4-18-13-17(7-9-20-10-8-17)14-19(3)15(2)12-16-6-5-11-21-16/h5-6,11,15,18H,4,7-10,12-14H2,1-3H3. The van der Waals surface area contributed by atoms with Crippen LogP contribution in [-0.4, -0.2) is 50.8 Å². The number of nitrogens with one attached hydrogen (secondary N) is 1. The number of hydrogen-bond acceptors (Lipinski definition) is 4. The third-order valence-electron chi connectivity index (χ3n) is 4.72. The summed E-state index contributed by atoms with van der Waals surface area (Å²) in [5.74, 6) is 0. The molecule has 0 bridgehead atoms. The molecule has 120 valence electrons. The fraction of sp³-hybridized carbons (Fsp3) is 0.765. The fourth-order valence-electron chi connectivity index (χ4n) is 3.15. The van der Waals surface area contributed by atoms with E-state index < -0.39 is 0 Å². The van der Waals surface area contributed by atoms with Gasteiger partial charge in [0, 0.05) is 37.2 Å². The van der Waals surface area contributed by atoms with E-state index in [-0.39, 0.29) is 0 Å². The normalized spacial score (nSPS) is 19.8. The first-order valence-corrected chi connectivity index (χ1v) is 9.04. The van der Waals surface area contributed by atoms with Crippen molar-refractivity contribution in [2.24, 2.45) is 5.41 Å². The van der Waals surface area contributed by atoms with Gasteiger partial charge >= 0.3 is 0 Å². The highest BCUT2D eigenvalue weighted by molar-refractivity contribution is 7.09. The van der Waals surface area contributed by atoms with Gasteiger partial charge in [-0.25, -0.2) is 0 Å². The van der Waals surface area contributed by atoms with Crippen LogP contribution in [0.4, 0.5) is 0 Å². The van der Waals surface area contributed by atoms with Gasteiger partial charge in [0.2, 0.25) is 0 Å². The quantitative estimate of drug-likeness (QED) is 0.799. The van der Waals surface area contributed by atoms with Gasteiger partial charge in [-0.3, -0.25) is 0 Å². The molecular formula is C17H30N2OS. The topological polar surface area (TPSA) is 24.5 Å². The summed E-state index contributed by atoms with van der Waals surface area (Å²) in [6.07, 6.45) is 3.51. The van der Waals surface area contributed by atoms with E-state index in [1.54, 1.807) is 0 Å². The molecule has 1 aliphatic rings. The van der Waals surface area contributed by atoms with Crippen LogP contribution in [-0.2, 0) is 11.2 Å². The van der Waals surface area contributed by atoms with Crippen LogP contribution in [0.1, 0.15) is 31.6 Å². The molecule has 1 aromatic rings. The minimum Gasteiger partial charge on any atom is -0.381 e. The van der Waals surface area contributed by atoms with Gasteiger partial charge in [0.1, 0.15) is 0 Å². The van der Waals surface area contributed by atoms with E-state index in [0.717, 1.165) is 39.3 Å². The van der Waals surface area contributed by atoms with Crippen molar-refractivity contribution in [2.75, 3.05) is 39.9 Å². The molecule has 1 saturated heterocycles. The molecule has 4 heteroatoms. The van der Waals surface area contributed by atoms with E-state index in [1.807, 2.05) is 11.3 Å². The van der Waals surface area contributed by atoms with Gasteiger partial charge in [-0.05, 0) is 56.6 Å². The molecule has 21 heavy (non-hydrogen) atoms. The zero-order valence-corrected chi connectivity index (χ0v) is 14.5. The highest BCUT2D eigenvalue weighted by Crippen LogP contribution is 2.31. The summed E-state index contributed by atoms with van der Waals surface area (Å²) in [7, 11) is 2.28. The maximum absolute atomic E-state index is 5.59. The van der Waals surface area contributed by atoms with Gasteiger partial charge in [-0.15, -0.1) is 11.3 Å². The van der Waals surface area contributed by atoms with Crippen molar-refractivity contribution < 1.29 is 4.74 Å². The van der Waals surface area contributed by atoms with Crippen LogP contribution in [0.3, 0.4) is 0 Å². The molecule has 0 aromatic carbocycles. The maximum Gasteiger partial charge on any atom is 0.0472 e. The van der Waals surface area contributed by atoms with E-state index in [2.05, 4.69) is 48.6 Å². The Morgan fingerprint density at radius 3 is 2.81 bits per heavy atom. The molecule has 1 atom stereocenters. The molecule has 2 rings (SSSR count). The summed E-state index contributed by atoms with van der Waals surface area (Å²) in [5.41, 5.74) is 0.382. The zero-order chi connectivity index (χ0) is 15.1. The highest BCUT2D eigenvalue weighted by atomic mass is 32.1. The SMILES string of the molecule is CCNCC1(CN(C)C(C)Cc2cccs2)CCOCC1. The number of likely N-dealkylation sites (N-methyl/N-ethyl adjacent to an activating group) is 1. The lowest BCUT2D eigenvalue weighted by Gasteiger charge is -2.42. The highest BCUT2D eigenvalue weighted by Gasteiger charge is 2.34. The van der Waals surface area contributed by atoms with E-state index in [4.69, 9.17) is 4.74 Å². The molecule has 0 amide bonds. The Balaban J connectivity index is 1.91. The summed E-state index contributed by atoms with van der Waals surface area (Å²) in [5, 5.41) is 5.74. The smallest absolute Gasteiger partial charge is 0.0472 e. The van der Waals surface area contributed by atoms with Crippen molar-refractivity contribution in [3.63, 3.8) is 0 Å². The summed E-state index contributed by atoms with van der Waals surface area (Å²) < 4.78 is 5.59. The van der Waals surface area contributed by atoms with Gasteiger partial charge in [0.25, 0.3) is 0 Å². The van der Waals surface area contributed by atoms with E-state index in [9.17, 15) is 0 Å². The van der Waals surface area contributed by atoms with Crippen LogP contribution in [0, 0.1) is 5.41 Å². The number of hydrogen-bond donors (Lipinski definition) is 1. The molecule has 1 fully saturated rings. The predicted molar refractivity (Wildman–Crippen MR) is 91.1 cm³/mol. The largest absolute Gasteiger partial charge is 0.381 e. The second kappa shape index (κ2) is 8.28. The van der Waals surface area contributed by atoms with Crippen molar-refractivity contribution in [2.45, 2.75) is 39.2 Å². The van der Waals surface area contributed by atoms with Crippen LogP contribution in [0.2, 0.25) is 0 Å². The number of nitrogens with zero attached hydrogens (tertiary/aromatic N) is 1. The molecule has 0 saturated carbocycles. The Bertz CT molecular complexity index is 388. The molecule has 0 spiro atoms. The number of rotatable bonds is 8. The minimum absolute atomic E-state index is 0.382. The first-order valence-electron chi connectivity index (χ1n) is 8.16. The summed E-state index contributed by atoms with van der Waals surface area (Å²) in [4.78, 5) is 4.03. The fourth-order valence-corrected chi connectivity index (χ4v) is 3.97. The molecule has 1 N–H and O–H groups in total. The molecule has 1 unspecified atom stereocenters. The Kier molecular flexibility index (Phi) is 6.68. The molecule has 2 heterocycles. The van der Waals surface area contributed by atoms with Crippen molar-refractivity contribution in [1.29, 1.82) is 0 Å². The van der Waals surface area contributed by atoms with Crippen LogP contribution in [0.5, 0.6) is 0 Å². The summed E-state index contributed by atoms with van der Waals surface area (Å²) >= 11 is 1.87. The van der Waals surface area contributed by atoms with Crippen molar-refractivity contribution in [3.8, 4) is 0 Å². The monoisotopic (exact) mass is 310 g/mol. The van der Waals surface area contributed by atoms with Crippen LogP contribution < -0.4 is 5.32 Å². The second-order valence-electron chi connectivity index (χ2n) is 6.44. The number of thiophene rings is 1. The number of ether oxygens (including phenoxy) is 1. The van der Waals surface area contributed by atoms with Gasteiger partial charge < -0.3 is 15.0 Å². The van der Waals surface area contributed by atoms with Crippen LogP contribution >= 0.6 is 11.3 Å². The second-order valence-corrected chi connectivity index (χ2v) is 7.47. The average molecular weight is 311 g/mol. The average Bonchev–Trinajstić information content (AvgIpc) is 2.99. The lowest BCUT2D eigenvalue weighted by molar-refractivity contribution is -0.00532. The summed E-state index contributed by atoms with van der Waals surface area (Å²) in [6.45, 7) is 9.70. The van der Waals surface area contributed by atoms with Crippen molar-refractivity contribution >= 4 is 11.3 Å². The third kappa shape index (κ3) is 5.06. The Morgan fingerprint density at radius 1 is 1.43 bits per heavy atom. The third-order valence-corrected chi connectivity index (χ3v) is 5.62. The lowest BCUT2D eigenvalue weighted by atomic mass is 9.79. The Labute approximate surface area is 133 Å². The molecule has 0 aliphatic carbocycles. The van der Waals surface area contributed by atoms with E-state index in [0.29, 0.717) is 11.5 Å². The molecular weight excluding hydrogens is 280 g/mol. The maximum atomic E-state index is 5.59. The van der Waals surface area contributed by atoms with E-state index in [1.165, 1.54) is 17.7 Å². The summed E-state index contributed by atoms with van der Waals surface area (Å²) in [6, 6.07) is 4.99. The predicted octanol–water partition coefficient (Wildman–Crippen LogP) is 3.02. The van der Waals surface area contributed by atoms with Crippen molar-refractivity contribution in [1.82, 2.24) is 10.2 Å². The minimum atomic E-state index is 0.382. The van der Waals surface area contributed by atoms with Gasteiger partial charge in [0.15, 0.2) is 0 Å². The molecule has 1 aromatic heterocycles. The zero-order valence-electron chi connectivity index (χ0n) is 13.7. The lowest BCUT2D eigenvalue weighted by Crippen LogP contribution is -2.48.